The highest BCUT2D eigenvalue weighted by Gasteiger charge is 2.43. The number of hydrogen-bond donors (Lipinski definition) is 2. The molecular formula is C24H34N4O2. The Kier molecular flexibility index (Phi) is 6.02. The van der Waals surface area contributed by atoms with Crippen LogP contribution in [0.25, 0.3) is 0 Å². The Bertz CT molecular complexity index is 879. The summed E-state index contributed by atoms with van der Waals surface area (Å²) in [6.45, 7) is 9.74. The fourth-order valence-corrected chi connectivity index (χ4v) is 5.07. The number of hydrogen-bond acceptors (Lipinski definition) is 4. The predicted molar refractivity (Wildman–Crippen MR) is 119 cm³/mol. The lowest BCUT2D eigenvalue weighted by molar-refractivity contribution is 0.0396. The van der Waals surface area contributed by atoms with Crippen LogP contribution in [0.5, 0.6) is 5.75 Å². The van der Waals surface area contributed by atoms with Gasteiger partial charge in [0.05, 0.1) is 11.7 Å². The number of aliphatic imine (C=N–C) groups is 1. The van der Waals surface area contributed by atoms with Gasteiger partial charge >= 0.3 is 0 Å². The Labute approximate surface area is 179 Å². The van der Waals surface area contributed by atoms with Gasteiger partial charge in [-0.1, -0.05) is 30.3 Å². The van der Waals surface area contributed by atoms with Crippen LogP contribution in [-0.4, -0.2) is 29.8 Å². The normalized spacial score (nSPS) is 21.2. The maximum Gasteiger partial charge on any atom is 0.191 e. The van der Waals surface area contributed by atoms with Crippen LogP contribution >= 0.6 is 0 Å². The molecule has 0 saturated heterocycles. The number of nitrogens with one attached hydrogen (secondary N) is 2. The average Bonchev–Trinajstić information content (AvgIpc) is 3.32. The Morgan fingerprint density at radius 1 is 1.27 bits per heavy atom. The molecule has 2 atom stereocenters. The van der Waals surface area contributed by atoms with E-state index in [4.69, 9.17) is 14.3 Å². The summed E-state index contributed by atoms with van der Waals surface area (Å²) in [4.78, 5) is 4.92. The van der Waals surface area contributed by atoms with Gasteiger partial charge < -0.3 is 19.9 Å². The van der Waals surface area contributed by atoms with Crippen molar-refractivity contribution in [3.05, 3.63) is 46.8 Å². The third kappa shape index (κ3) is 4.18. The molecule has 1 fully saturated rings. The van der Waals surface area contributed by atoms with E-state index < -0.39 is 0 Å². The summed E-state index contributed by atoms with van der Waals surface area (Å²) >= 11 is 0. The summed E-state index contributed by atoms with van der Waals surface area (Å²) in [5, 5.41) is 11.2. The Morgan fingerprint density at radius 2 is 2.03 bits per heavy atom. The third-order valence-electron chi connectivity index (χ3n) is 6.47. The molecule has 0 bridgehead atoms. The molecule has 2 aliphatic rings. The number of fused-ring (bicyclic) bond motifs is 1. The van der Waals surface area contributed by atoms with E-state index in [1.54, 1.807) is 0 Å². The molecule has 1 aliphatic carbocycles. The van der Waals surface area contributed by atoms with Crippen LogP contribution in [0.1, 0.15) is 80.5 Å². The van der Waals surface area contributed by atoms with Crippen molar-refractivity contribution in [1.82, 2.24) is 15.8 Å². The van der Waals surface area contributed by atoms with Crippen LogP contribution in [0.15, 0.2) is 33.8 Å². The standard InChI is InChI=1S/C24H34N4O2/c1-5-25-23(26-15-16(2)22-17(3)28-30-18(22)4)27-20-14-24(12-8-9-13-24)29-21-11-7-6-10-19(20)21/h6-7,10-11,16,20H,5,8-9,12-15H2,1-4H3,(H2,25,26,27). The van der Waals surface area contributed by atoms with Crippen molar-refractivity contribution in [2.24, 2.45) is 4.99 Å². The highest BCUT2D eigenvalue weighted by molar-refractivity contribution is 5.80. The van der Waals surface area contributed by atoms with Crippen LogP contribution in [0, 0.1) is 13.8 Å². The number of rotatable bonds is 5. The second-order valence-electron chi connectivity index (χ2n) is 8.79. The lowest BCUT2D eigenvalue weighted by Crippen LogP contribution is -2.46. The first-order chi connectivity index (χ1) is 14.5. The van der Waals surface area contributed by atoms with Gasteiger partial charge in [0.1, 0.15) is 17.1 Å². The molecule has 0 radical (unpaired) electrons. The lowest BCUT2D eigenvalue weighted by atomic mass is 9.86. The van der Waals surface area contributed by atoms with E-state index in [1.807, 2.05) is 13.8 Å². The Hall–Kier alpha value is -2.50. The van der Waals surface area contributed by atoms with Crippen molar-refractivity contribution < 1.29 is 9.26 Å². The molecule has 1 spiro atoms. The van der Waals surface area contributed by atoms with Crippen molar-refractivity contribution in [3.63, 3.8) is 0 Å². The van der Waals surface area contributed by atoms with Crippen LogP contribution in [0.2, 0.25) is 0 Å². The molecule has 2 N–H and O–H groups in total. The van der Waals surface area contributed by atoms with E-state index >= 15 is 0 Å². The summed E-state index contributed by atoms with van der Waals surface area (Å²) in [5.41, 5.74) is 3.30. The lowest BCUT2D eigenvalue weighted by Gasteiger charge is -2.40. The number of aryl methyl sites for hydroxylation is 2. The van der Waals surface area contributed by atoms with Gasteiger partial charge in [0, 0.05) is 36.6 Å². The van der Waals surface area contributed by atoms with Gasteiger partial charge in [-0.15, -0.1) is 0 Å². The maximum absolute atomic E-state index is 6.51. The quantitative estimate of drug-likeness (QED) is 0.548. The van der Waals surface area contributed by atoms with Crippen molar-refractivity contribution in [3.8, 4) is 5.75 Å². The molecule has 2 aromatic rings. The molecule has 4 rings (SSSR count). The molecule has 1 aromatic carbocycles. The first kappa shape index (κ1) is 20.8. The molecule has 2 heterocycles. The SMILES string of the molecule is CCNC(=NCC(C)c1c(C)noc1C)NC1CC2(CCCC2)Oc2ccccc21. The first-order valence-corrected chi connectivity index (χ1v) is 11.3. The van der Waals surface area contributed by atoms with E-state index in [9.17, 15) is 0 Å². The number of guanidine groups is 1. The Morgan fingerprint density at radius 3 is 2.73 bits per heavy atom. The largest absolute Gasteiger partial charge is 0.487 e. The summed E-state index contributed by atoms with van der Waals surface area (Å²) < 4.78 is 11.8. The number of benzene rings is 1. The predicted octanol–water partition coefficient (Wildman–Crippen LogP) is 4.79. The number of ether oxygens (including phenoxy) is 1. The minimum Gasteiger partial charge on any atom is -0.487 e. The summed E-state index contributed by atoms with van der Waals surface area (Å²) in [5.74, 6) is 3.00. The molecule has 6 nitrogen and oxygen atoms in total. The highest BCUT2D eigenvalue weighted by Crippen LogP contribution is 2.46. The zero-order valence-corrected chi connectivity index (χ0v) is 18.6. The van der Waals surface area contributed by atoms with Crippen LogP contribution in [0.3, 0.4) is 0 Å². The monoisotopic (exact) mass is 410 g/mol. The fourth-order valence-electron chi connectivity index (χ4n) is 5.07. The van der Waals surface area contributed by atoms with E-state index in [0.717, 1.165) is 54.5 Å². The number of nitrogens with zero attached hydrogens (tertiary/aromatic N) is 2. The van der Waals surface area contributed by atoms with Crippen molar-refractivity contribution in [2.75, 3.05) is 13.1 Å². The van der Waals surface area contributed by atoms with Crippen LogP contribution < -0.4 is 15.4 Å². The minimum absolute atomic E-state index is 0.0344. The first-order valence-electron chi connectivity index (χ1n) is 11.3. The van der Waals surface area contributed by atoms with Gasteiger partial charge in [0.15, 0.2) is 5.96 Å². The van der Waals surface area contributed by atoms with Gasteiger partial charge in [0.2, 0.25) is 0 Å². The van der Waals surface area contributed by atoms with Gasteiger partial charge in [-0.3, -0.25) is 4.99 Å². The third-order valence-corrected chi connectivity index (χ3v) is 6.47. The van der Waals surface area contributed by atoms with Crippen molar-refractivity contribution in [1.29, 1.82) is 0 Å². The second-order valence-corrected chi connectivity index (χ2v) is 8.79. The molecule has 30 heavy (non-hydrogen) atoms. The van der Waals surface area contributed by atoms with E-state index in [-0.39, 0.29) is 17.6 Å². The molecule has 1 aromatic heterocycles. The number of para-hydroxylation sites is 1. The van der Waals surface area contributed by atoms with E-state index in [2.05, 4.69) is 53.9 Å². The minimum atomic E-state index is -0.0344. The summed E-state index contributed by atoms with van der Waals surface area (Å²) in [6, 6.07) is 8.62. The van der Waals surface area contributed by atoms with Crippen LogP contribution in [-0.2, 0) is 0 Å². The number of aromatic nitrogens is 1. The molecular weight excluding hydrogens is 376 g/mol. The smallest absolute Gasteiger partial charge is 0.191 e. The fraction of sp³-hybridized carbons (Fsp3) is 0.583. The zero-order chi connectivity index (χ0) is 21.1. The topological polar surface area (TPSA) is 71.7 Å². The molecule has 6 heteroatoms. The van der Waals surface area contributed by atoms with Gasteiger partial charge in [-0.2, -0.15) is 0 Å². The van der Waals surface area contributed by atoms with Crippen molar-refractivity contribution in [2.45, 2.75) is 77.4 Å². The van der Waals surface area contributed by atoms with Gasteiger partial charge in [0.25, 0.3) is 0 Å². The molecule has 2 unspecified atom stereocenters. The summed E-state index contributed by atoms with van der Waals surface area (Å²) in [7, 11) is 0. The molecule has 1 saturated carbocycles. The summed E-state index contributed by atoms with van der Waals surface area (Å²) in [6.07, 6.45) is 5.75. The Balaban J connectivity index is 1.54. The zero-order valence-electron chi connectivity index (χ0n) is 18.6. The van der Waals surface area contributed by atoms with Crippen LogP contribution in [0.4, 0.5) is 0 Å². The molecule has 1 aliphatic heterocycles. The second kappa shape index (κ2) is 8.70. The van der Waals surface area contributed by atoms with Gasteiger partial charge in [-0.25, -0.2) is 0 Å². The highest BCUT2D eigenvalue weighted by atomic mass is 16.5. The molecule has 0 amide bonds. The molecule has 162 valence electrons. The maximum atomic E-state index is 6.51. The van der Waals surface area contributed by atoms with Crippen molar-refractivity contribution >= 4 is 5.96 Å². The van der Waals surface area contributed by atoms with E-state index in [0.29, 0.717) is 6.54 Å². The van der Waals surface area contributed by atoms with E-state index in [1.165, 1.54) is 18.4 Å². The average molecular weight is 411 g/mol. The van der Waals surface area contributed by atoms with Gasteiger partial charge in [-0.05, 0) is 52.5 Å².